The van der Waals surface area contributed by atoms with Crippen molar-refractivity contribution in [2.24, 2.45) is 5.16 Å². The molecule has 0 saturated carbocycles. The maximum absolute atomic E-state index is 8.81. The smallest absolute Gasteiger partial charge is 0.137 e. The zero-order valence-electron chi connectivity index (χ0n) is 9.86. The lowest BCUT2D eigenvalue weighted by Gasteiger charge is -1.97. The van der Waals surface area contributed by atoms with E-state index in [-0.39, 0.29) is 0 Å². The van der Waals surface area contributed by atoms with Gasteiger partial charge in [-0.15, -0.1) is 0 Å². The van der Waals surface area contributed by atoms with Crippen molar-refractivity contribution in [1.29, 1.82) is 0 Å². The summed E-state index contributed by atoms with van der Waals surface area (Å²) in [5.41, 5.74) is 2.40. The van der Waals surface area contributed by atoms with E-state index in [4.69, 9.17) is 5.21 Å². The molecule has 2 heterocycles. The minimum Gasteiger partial charge on any atom is -0.411 e. The van der Waals surface area contributed by atoms with Gasteiger partial charge in [0.2, 0.25) is 0 Å². The van der Waals surface area contributed by atoms with Crippen LogP contribution in [-0.2, 0) is 0 Å². The van der Waals surface area contributed by atoms with E-state index in [0.717, 1.165) is 16.6 Å². The van der Waals surface area contributed by atoms with E-state index in [1.165, 1.54) is 0 Å². The van der Waals surface area contributed by atoms with Crippen LogP contribution in [0.2, 0.25) is 0 Å². The first kappa shape index (κ1) is 12.2. The molecule has 0 saturated heterocycles. The maximum Gasteiger partial charge on any atom is 0.137 e. The number of rotatable bonds is 2. The van der Waals surface area contributed by atoms with Crippen LogP contribution in [0.1, 0.15) is 32.8 Å². The Morgan fingerprint density at radius 3 is 2.88 bits per heavy atom. The Labute approximate surface area is 95.0 Å². The molecule has 0 radical (unpaired) electrons. The predicted octanol–water partition coefficient (Wildman–Crippen LogP) is 3.18. The molecule has 0 aromatic carbocycles. The number of H-pyrrole nitrogens is 1. The summed E-state index contributed by atoms with van der Waals surface area (Å²) in [6.07, 6.45) is 4.24. The van der Waals surface area contributed by atoms with Crippen LogP contribution in [0.4, 0.5) is 0 Å². The average molecular weight is 219 g/mol. The Morgan fingerprint density at radius 2 is 2.25 bits per heavy atom. The summed E-state index contributed by atoms with van der Waals surface area (Å²) < 4.78 is 0. The molecule has 4 heteroatoms. The van der Waals surface area contributed by atoms with Crippen LogP contribution in [0.3, 0.4) is 0 Å². The molecule has 0 bridgehead atoms. The molecule has 2 aromatic heterocycles. The largest absolute Gasteiger partial charge is 0.411 e. The van der Waals surface area contributed by atoms with Crippen LogP contribution in [0.5, 0.6) is 0 Å². The van der Waals surface area contributed by atoms with Crippen LogP contribution in [-0.4, -0.2) is 20.9 Å². The van der Waals surface area contributed by atoms with Gasteiger partial charge in [-0.1, -0.05) is 25.9 Å². The third-order valence-electron chi connectivity index (χ3n) is 2.22. The van der Waals surface area contributed by atoms with E-state index in [0.29, 0.717) is 12.1 Å². The van der Waals surface area contributed by atoms with E-state index in [9.17, 15) is 0 Å². The monoisotopic (exact) mass is 219 g/mol. The second-order valence-corrected chi connectivity index (χ2v) is 3.00. The molecule has 0 amide bonds. The van der Waals surface area contributed by atoms with Crippen molar-refractivity contribution in [3.8, 4) is 0 Å². The second kappa shape index (κ2) is 5.90. The van der Waals surface area contributed by atoms with E-state index in [2.05, 4.69) is 15.1 Å². The molecule has 0 aliphatic heterocycles. The molecule has 0 spiro atoms. The number of oxime groups is 1. The Morgan fingerprint density at radius 1 is 1.50 bits per heavy atom. The van der Waals surface area contributed by atoms with Gasteiger partial charge in [-0.2, -0.15) is 0 Å². The molecule has 0 aliphatic carbocycles. The van der Waals surface area contributed by atoms with Crippen molar-refractivity contribution < 1.29 is 5.21 Å². The summed E-state index contributed by atoms with van der Waals surface area (Å²) in [5, 5.41) is 13.1. The first-order valence-electron chi connectivity index (χ1n) is 5.50. The van der Waals surface area contributed by atoms with Gasteiger partial charge in [0, 0.05) is 23.3 Å². The molecule has 0 aliphatic rings. The number of nitrogens with zero attached hydrogens (tertiary/aromatic N) is 2. The lowest BCUT2D eigenvalue weighted by atomic mass is 10.1. The SMILES string of the molecule is CC.CC/C(=N/O)c1c[nH]c2ncccc12. The summed E-state index contributed by atoms with van der Waals surface area (Å²) in [5.74, 6) is 0. The molecule has 86 valence electrons. The van der Waals surface area contributed by atoms with Crippen molar-refractivity contribution in [3.05, 3.63) is 30.1 Å². The zero-order chi connectivity index (χ0) is 12.0. The van der Waals surface area contributed by atoms with Crippen LogP contribution in [0.25, 0.3) is 11.0 Å². The van der Waals surface area contributed by atoms with Crippen LogP contribution >= 0.6 is 0 Å². The Bertz CT molecular complexity index is 474. The van der Waals surface area contributed by atoms with E-state index in [1.807, 2.05) is 39.1 Å². The van der Waals surface area contributed by atoms with Gasteiger partial charge in [-0.25, -0.2) is 4.98 Å². The average Bonchev–Trinajstić information content (AvgIpc) is 2.78. The molecule has 2 rings (SSSR count). The molecule has 0 unspecified atom stereocenters. The summed E-state index contributed by atoms with van der Waals surface area (Å²) in [6.45, 7) is 5.95. The fourth-order valence-corrected chi connectivity index (χ4v) is 1.51. The Kier molecular flexibility index (Phi) is 4.51. The summed E-state index contributed by atoms with van der Waals surface area (Å²) in [4.78, 5) is 7.19. The molecule has 0 atom stereocenters. The fourth-order valence-electron chi connectivity index (χ4n) is 1.51. The number of pyridine rings is 1. The number of hydrogen-bond donors (Lipinski definition) is 2. The molecule has 4 nitrogen and oxygen atoms in total. The maximum atomic E-state index is 8.81. The third-order valence-corrected chi connectivity index (χ3v) is 2.22. The Balaban J connectivity index is 0.000000606. The predicted molar refractivity (Wildman–Crippen MR) is 66.1 cm³/mol. The second-order valence-electron chi connectivity index (χ2n) is 3.00. The van der Waals surface area contributed by atoms with Gasteiger partial charge < -0.3 is 10.2 Å². The highest BCUT2D eigenvalue weighted by Gasteiger charge is 2.08. The molecule has 16 heavy (non-hydrogen) atoms. The highest BCUT2D eigenvalue weighted by Crippen LogP contribution is 2.17. The van der Waals surface area contributed by atoms with Gasteiger partial charge in [0.15, 0.2) is 0 Å². The number of aromatic amines is 1. The van der Waals surface area contributed by atoms with Crippen molar-refractivity contribution in [2.45, 2.75) is 27.2 Å². The lowest BCUT2D eigenvalue weighted by Crippen LogP contribution is -1.97. The van der Waals surface area contributed by atoms with E-state index < -0.39 is 0 Å². The van der Waals surface area contributed by atoms with Crippen LogP contribution in [0, 0.1) is 0 Å². The summed E-state index contributed by atoms with van der Waals surface area (Å²) >= 11 is 0. The zero-order valence-corrected chi connectivity index (χ0v) is 9.86. The quantitative estimate of drug-likeness (QED) is 0.463. The number of nitrogens with one attached hydrogen (secondary N) is 1. The number of aromatic nitrogens is 2. The van der Waals surface area contributed by atoms with Crippen LogP contribution < -0.4 is 0 Å². The first-order valence-corrected chi connectivity index (χ1v) is 5.50. The van der Waals surface area contributed by atoms with Gasteiger partial charge in [-0.3, -0.25) is 0 Å². The summed E-state index contributed by atoms with van der Waals surface area (Å²) in [7, 11) is 0. The van der Waals surface area contributed by atoms with E-state index >= 15 is 0 Å². The standard InChI is InChI=1S/C10H11N3O.C2H6/c1-2-9(13-14)8-6-12-10-7(8)4-3-5-11-10;1-2/h3-6,14H,2H2,1H3,(H,11,12);1-2H3/b13-9-;. The number of fused-ring (bicyclic) bond motifs is 1. The molecule has 2 N–H and O–H groups in total. The minimum absolute atomic E-state index is 0.671. The number of hydrogen-bond acceptors (Lipinski definition) is 3. The lowest BCUT2D eigenvalue weighted by molar-refractivity contribution is 0.318. The van der Waals surface area contributed by atoms with Crippen molar-refractivity contribution in [1.82, 2.24) is 9.97 Å². The first-order chi connectivity index (χ1) is 7.86. The van der Waals surface area contributed by atoms with E-state index in [1.54, 1.807) is 6.20 Å². The molecular weight excluding hydrogens is 202 g/mol. The van der Waals surface area contributed by atoms with Gasteiger partial charge >= 0.3 is 0 Å². The van der Waals surface area contributed by atoms with Crippen molar-refractivity contribution in [3.63, 3.8) is 0 Å². The van der Waals surface area contributed by atoms with Crippen molar-refractivity contribution >= 4 is 16.7 Å². The van der Waals surface area contributed by atoms with Gasteiger partial charge in [0.05, 0.1) is 5.71 Å². The molecule has 2 aromatic rings. The Hall–Kier alpha value is -1.84. The highest BCUT2D eigenvalue weighted by molar-refractivity contribution is 6.09. The summed E-state index contributed by atoms with van der Waals surface area (Å²) in [6, 6.07) is 3.82. The fraction of sp³-hybridized carbons (Fsp3) is 0.333. The molecular formula is C12H17N3O. The van der Waals surface area contributed by atoms with Gasteiger partial charge in [-0.05, 0) is 18.6 Å². The normalized spacial score (nSPS) is 11.1. The third kappa shape index (κ3) is 2.21. The molecule has 0 fully saturated rings. The highest BCUT2D eigenvalue weighted by atomic mass is 16.4. The van der Waals surface area contributed by atoms with Crippen LogP contribution in [0.15, 0.2) is 29.7 Å². The minimum atomic E-state index is 0.671. The van der Waals surface area contributed by atoms with Crippen molar-refractivity contribution in [2.75, 3.05) is 0 Å². The van der Waals surface area contributed by atoms with Gasteiger partial charge in [0.25, 0.3) is 0 Å². The van der Waals surface area contributed by atoms with Gasteiger partial charge in [0.1, 0.15) is 5.65 Å². The topological polar surface area (TPSA) is 61.3 Å².